The number of halogens is 1. The van der Waals surface area contributed by atoms with E-state index in [4.69, 9.17) is 16.7 Å². The Morgan fingerprint density at radius 2 is 2.18 bits per heavy atom. The molecule has 0 saturated heterocycles. The van der Waals surface area contributed by atoms with Crippen molar-refractivity contribution < 1.29 is 9.90 Å². The molecular weight excluding hydrogens is 240 g/mol. The number of aromatic nitrogens is 2. The molecule has 0 aliphatic heterocycles. The van der Waals surface area contributed by atoms with Gasteiger partial charge in [0.05, 0.1) is 0 Å². The van der Waals surface area contributed by atoms with Crippen LogP contribution in [0.2, 0.25) is 5.15 Å². The summed E-state index contributed by atoms with van der Waals surface area (Å²) < 4.78 is 0. The highest BCUT2D eigenvalue weighted by Gasteiger charge is 2.10. The molecule has 0 bridgehead atoms. The fraction of sp³-hybridized carbons (Fsp3) is 0.0833. The molecule has 0 aliphatic rings. The van der Waals surface area contributed by atoms with Crippen molar-refractivity contribution in [1.29, 1.82) is 0 Å². The van der Waals surface area contributed by atoms with Crippen molar-refractivity contribution in [2.24, 2.45) is 0 Å². The van der Waals surface area contributed by atoms with E-state index in [1.807, 2.05) is 13.0 Å². The second kappa shape index (κ2) is 4.51. The molecule has 0 atom stereocenters. The summed E-state index contributed by atoms with van der Waals surface area (Å²) in [5.41, 5.74) is 2.47. The summed E-state index contributed by atoms with van der Waals surface area (Å²) in [5.74, 6) is -1.10. The Kier molecular flexibility index (Phi) is 3.06. The van der Waals surface area contributed by atoms with Crippen LogP contribution in [0.15, 0.2) is 30.6 Å². The van der Waals surface area contributed by atoms with E-state index in [9.17, 15) is 4.79 Å². The van der Waals surface area contributed by atoms with Crippen molar-refractivity contribution in [2.75, 3.05) is 0 Å². The number of carbonyl (C=O) groups is 1. The molecule has 0 aromatic carbocycles. The summed E-state index contributed by atoms with van der Waals surface area (Å²) in [6, 6.07) is 4.96. The topological polar surface area (TPSA) is 63.1 Å². The number of carboxylic acids is 1. The van der Waals surface area contributed by atoms with Crippen LogP contribution >= 0.6 is 11.6 Å². The van der Waals surface area contributed by atoms with Gasteiger partial charge >= 0.3 is 5.97 Å². The van der Waals surface area contributed by atoms with Gasteiger partial charge in [0, 0.05) is 18.0 Å². The Hall–Kier alpha value is -1.94. The molecule has 0 spiro atoms. The Morgan fingerprint density at radius 3 is 2.82 bits per heavy atom. The highest BCUT2D eigenvalue weighted by Crippen LogP contribution is 2.25. The van der Waals surface area contributed by atoms with Gasteiger partial charge in [0.1, 0.15) is 5.15 Å². The zero-order chi connectivity index (χ0) is 12.4. The van der Waals surface area contributed by atoms with E-state index in [1.165, 1.54) is 6.07 Å². The minimum atomic E-state index is -1.10. The smallest absolute Gasteiger partial charge is 0.354 e. The van der Waals surface area contributed by atoms with Crippen LogP contribution in [-0.2, 0) is 0 Å². The standard InChI is InChI=1S/C12H9ClN2O2/c1-7-2-3-14-6-9(7)8-4-10(12(16)17)15-11(13)5-8/h2-6H,1H3,(H,16,17). The number of aryl methyl sites for hydroxylation is 1. The van der Waals surface area contributed by atoms with Crippen LogP contribution in [0.5, 0.6) is 0 Å². The molecule has 17 heavy (non-hydrogen) atoms. The molecule has 86 valence electrons. The van der Waals surface area contributed by atoms with Gasteiger partial charge in [-0.05, 0) is 36.2 Å². The molecule has 2 aromatic rings. The van der Waals surface area contributed by atoms with Crippen LogP contribution in [0.1, 0.15) is 16.1 Å². The van der Waals surface area contributed by atoms with Gasteiger partial charge in [-0.2, -0.15) is 0 Å². The fourth-order valence-electron chi connectivity index (χ4n) is 1.53. The van der Waals surface area contributed by atoms with E-state index < -0.39 is 5.97 Å². The van der Waals surface area contributed by atoms with Crippen molar-refractivity contribution >= 4 is 17.6 Å². The van der Waals surface area contributed by atoms with E-state index in [2.05, 4.69) is 9.97 Å². The van der Waals surface area contributed by atoms with Crippen molar-refractivity contribution in [3.8, 4) is 11.1 Å². The number of nitrogens with zero attached hydrogens (tertiary/aromatic N) is 2. The largest absolute Gasteiger partial charge is 0.477 e. The highest BCUT2D eigenvalue weighted by atomic mass is 35.5. The van der Waals surface area contributed by atoms with Gasteiger partial charge in [-0.1, -0.05) is 11.6 Å². The summed E-state index contributed by atoms with van der Waals surface area (Å²) in [5, 5.41) is 9.07. The lowest BCUT2D eigenvalue weighted by Crippen LogP contribution is -2.01. The molecule has 2 rings (SSSR count). The predicted octanol–water partition coefficient (Wildman–Crippen LogP) is 2.80. The van der Waals surface area contributed by atoms with E-state index >= 15 is 0 Å². The van der Waals surface area contributed by atoms with Crippen molar-refractivity contribution in [3.05, 3.63) is 47.0 Å². The SMILES string of the molecule is Cc1ccncc1-c1cc(Cl)nc(C(=O)O)c1. The lowest BCUT2D eigenvalue weighted by Gasteiger charge is -2.06. The third-order valence-electron chi connectivity index (χ3n) is 2.36. The van der Waals surface area contributed by atoms with Gasteiger partial charge in [0.2, 0.25) is 0 Å². The molecule has 0 saturated carbocycles. The van der Waals surface area contributed by atoms with Crippen molar-refractivity contribution in [3.63, 3.8) is 0 Å². The summed E-state index contributed by atoms with van der Waals surface area (Å²) in [6.07, 6.45) is 3.35. The maximum Gasteiger partial charge on any atom is 0.354 e. The average Bonchev–Trinajstić information content (AvgIpc) is 2.28. The molecule has 1 N–H and O–H groups in total. The Morgan fingerprint density at radius 1 is 1.41 bits per heavy atom. The molecule has 0 aliphatic carbocycles. The van der Waals surface area contributed by atoms with Gasteiger partial charge in [-0.15, -0.1) is 0 Å². The number of hydrogen-bond donors (Lipinski definition) is 1. The number of aromatic carboxylic acids is 1. The molecule has 5 heteroatoms. The summed E-state index contributed by atoms with van der Waals surface area (Å²) in [4.78, 5) is 18.6. The maximum atomic E-state index is 10.9. The maximum absolute atomic E-state index is 10.9. The fourth-order valence-corrected chi connectivity index (χ4v) is 1.74. The monoisotopic (exact) mass is 248 g/mol. The quantitative estimate of drug-likeness (QED) is 0.830. The van der Waals surface area contributed by atoms with Crippen LogP contribution in [-0.4, -0.2) is 21.0 Å². The Bertz CT molecular complexity index is 584. The molecule has 4 nitrogen and oxygen atoms in total. The highest BCUT2D eigenvalue weighted by molar-refractivity contribution is 6.29. The first-order chi connectivity index (χ1) is 8.08. The summed E-state index contributed by atoms with van der Waals surface area (Å²) in [7, 11) is 0. The summed E-state index contributed by atoms with van der Waals surface area (Å²) >= 11 is 5.80. The first-order valence-electron chi connectivity index (χ1n) is 4.90. The lowest BCUT2D eigenvalue weighted by atomic mass is 10.0. The number of pyridine rings is 2. The van der Waals surface area contributed by atoms with Gasteiger partial charge in [-0.3, -0.25) is 4.98 Å². The van der Waals surface area contributed by atoms with Crippen molar-refractivity contribution in [2.45, 2.75) is 6.92 Å². The molecule has 0 fully saturated rings. The lowest BCUT2D eigenvalue weighted by molar-refractivity contribution is 0.0690. The van der Waals surface area contributed by atoms with E-state index in [1.54, 1.807) is 18.5 Å². The van der Waals surface area contributed by atoms with Crippen LogP contribution in [0.3, 0.4) is 0 Å². The van der Waals surface area contributed by atoms with Crippen LogP contribution in [0, 0.1) is 6.92 Å². The van der Waals surface area contributed by atoms with E-state index in [0.29, 0.717) is 5.56 Å². The third-order valence-corrected chi connectivity index (χ3v) is 2.56. The minimum Gasteiger partial charge on any atom is -0.477 e. The van der Waals surface area contributed by atoms with Gasteiger partial charge in [0.15, 0.2) is 5.69 Å². The molecule has 0 amide bonds. The van der Waals surface area contributed by atoms with Crippen LogP contribution in [0.25, 0.3) is 11.1 Å². The Balaban J connectivity index is 2.60. The zero-order valence-electron chi connectivity index (χ0n) is 9.01. The van der Waals surface area contributed by atoms with Gasteiger partial charge < -0.3 is 5.11 Å². The summed E-state index contributed by atoms with van der Waals surface area (Å²) in [6.45, 7) is 1.92. The second-order valence-electron chi connectivity index (χ2n) is 3.56. The predicted molar refractivity (Wildman–Crippen MR) is 64.2 cm³/mol. The molecular formula is C12H9ClN2O2. The Labute approximate surface area is 103 Å². The van der Waals surface area contributed by atoms with E-state index in [0.717, 1.165) is 11.1 Å². The third kappa shape index (κ3) is 2.42. The first kappa shape index (κ1) is 11.5. The normalized spacial score (nSPS) is 10.2. The van der Waals surface area contributed by atoms with Gasteiger partial charge in [-0.25, -0.2) is 9.78 Å². The average molecular weight is 249 g/mol. The van der Waals surface area contributed by atoms with Crippen LogP contribution < -0.4 is 0 Å². The zero-order valence-corrected chi connectivity index (χ0v) is 9.77. The number of rotatable bonds is 2. The second-order valence-corrected chi connectivity index (χ2v) is 3.95. The van der Waals surface area contributed by atoms with Gasteiger partial charge in [0.25, 0.3) is 0 Å². The number of hydrogen-bond acceptors (Lipinski definition) is 3. The van der Waals surface area contributed by atoms with E-state index in [-0.39, 0.29) is 10.8 Å². The molecule has 0 unspecified atom stereocenters. The van der Waals surface area contributed by atoms with Crippen molar-refractivity contribution in [1.82, 2.24) is 9.97 Å². The first-order valence-corrected chi connectivity index (χ1v) is 5.27. The molecule has 0 radical (unpaired) electrons. The number of carboxylic acid groups (broad SMARTS) is 1. The minimum absolute atomic E-state index is 0.0734. The molecule has 2 heterocycles. The molecule has 2 aromatic heterocycles. The van der Waals surface area contributed by atoms with Crippen LogP contribution in [0.4, 0.5) is 0 Å².